The zero-order valence-electron chi connectivity index (χ0n) is 8.42. The third-order valence-corrected chi connectivity index (χ3v) is 4.07. The monoisotopic (exact) mass is 321 g/mol. The van der Waals surface area contributed by atoms with Crippen LogP contribution in [0.25, 0.3) is 0 Å². The SMILES string of the molecule is O=C(c1ccc(Cl)c(Cl)c1)N1CCC(Br)C1. The van der Waals surface area contributed by atoms with Gasteiger partial charge in [-0.2, -0.15) is 0 Å². The van der Waals surface area contributed by atoms with Gasteiger partial charge in [0.05, 0.1) is 10.0 Å². The molecule has 1 heterocycles. The van der Waals surface area contributed by atoms with Crippen LogP contribution in [-0.2, 0) is 0 Å². The van der Waals surface area contributed by atoms with Crippen LogP contribution in [0.1, 0.15) is 16.8 Å². The third kappa shape index (κ3) is 2.53. The van der Waals surface area contributed by atoms with Crippen molar-refractivity contribution in [2.24, 2.45) is 0 Å². The maximum Gasteiger partial charge on any atom is 0.253 e. The molecule has 2 rings (SSSR count). The molecule has 2 nitrogen and oxygen atoms in total. The molecule has 0 spiro atoms. The minimum atomic E-state index is 0.0144. The molecule has 0 saturated carbocycles. The van der Waals surface area contributed by atoms with Crippen LogP contribution in [-0.4, -0.2) is 28.7 Å². The van der Waals surface area contributed by atoms with Crippen LogP contribution in [0.4, 0.5) is 0 Å². The molecule has 86 valence electrons. The highest BCUT2D eigenvalue weighted by Gasteiger charge is 2.25. The van der Waals surface area contributed by atoms with E-state index in [2.05, 4.69) is 15.9 Å². The first-order chi connectivity index (χ1) is 7.58. The molecule has 1 aliphatic rings. The van der Waals surface area contributed by atoms with E-state index in [9.17, 15) is 4.79 Å². The van der Waals surface area contributed by atoms with Crippen LogP contribution in [0.2, 0.25) is 10.0 Å². The molecule has 1 aliphatic heterocycles. The molecule has 1 unspecified atom stereocenters. The number of benzene rings is 1. The van der Waals surface area contributed by atoms with E-state index in [0.717, 1.165) is 19.5 Å². The summed E-state index contributed by atoms with van der Waals surface area (Å²) >= 11 is 15.2. The van der Waals surface area contributed by atoms with Crippen molar-refractivity contribution >= 4 is 45.0 Å². The van der Waals surface area contributed by atoms with E-state index >= 15 is 0 Å². The molecule has 16 heavy (non-hydrogen) atoms. The fourth-order valence-corrected chi connectivity index (χ4v) is 2.57. The quantitative estimate of drug-likeness (QED) is 0.723. The molecule has 0 radical (unpaired) electrons. The molecule has 1 saturated heterocycles. The first kappa shape index (κ1) is 12.2. The van der Waals surface area contributed by atoms with Gasteiger partial charge >= 0.3 is 0 Å². The first-order valence-corrected chi connectivity index (χ1v) is 6.63. The molecule has 5 heteroatoms. The van der Waals surface area contributed by atoms with E-state index in [0.29, 0.717) is 20.4 Å². The van der Waals surface area contributed by atoms with Gasteiger partial charge in [-0.3, -0.25) is 4.79 Å². The number of hydrogen-bond donors (Lipinski definition) is 0. The lowest BCUT2D eigenvalue weighted by atomic mass is 10.2. The Labute approximate surface area is 113 Å². The molecule has 0 bridgehead atoms. The van der Waals surface area contributed by atoms with Gasteiger partial charge in [-0.1, -0.05) is 39.1 Å². The summed E-state index contributed by atoms with van der Waals surface area (Å²) < 4.78 is 0. The van der Waals surface area contributed by atoms with Crippen molar-refractivity contribution in [3.8, 4) is 0 Å². The van der Waals surface area contributed by atoms with E-state index in [1.165, 1.54) is 0 Å². The Kier molecular flexibility index (Phi) is 3.77. The van der Waals surface area contributed by atoms with E-state index in [4.69, 9.17) is 23.2 Å². The van der Waals surface area contributed by atoms with Crippen molar-refractivity contribution in [1.29, 1.82) is 0 Å². The Morgan fingerprint density at radius 1 is 1.38 bits per heavy atom. The molecule has 0 aliphatic carbocycles. The van der Waals surface area contributed by atoms with Gasteiger partial charge in [-0.25, -0.2) is 0 Å². The van der Waals surface area contributed by atoms with Gasteiger partial charge in [0.15, 0.2) is 0 Å². The van der Waals surface area contributed by atoms with Crippen LogP contribution >= 0.6 is 39.1 Å². The van der Waals surface area contributed by atoms with Crippen molar-refractivity contribution in [1.82, 2.24) is 4.90 Å². The number of carbonyl (C=O) groups excluding carboxylic acids is 1. The Morgan fingerprint density at radius 2 is 2.12 bits per heavy atom. The number of amides is 1. The second-order valence-electron chi connectivity index (χ2n) is 3.77. The minimum Gasteiger partial charge on any atom is -0.337 e. The maximum absolute atomic E-state index is 12.1. The highest BCUT2D eigenvalue weighted by atomic mass is 79.9. The zero-order chi connectivity index (χ0) is 11.7. The number of hydrogen-bond acceptors (Lipinski definition) is 1. The Balaban J connectivity index is 2.18. The van der Waals surface area contributed by atoms with Crippen LogP contribution in [0.15, 0.2) is 18.2 Å². The predicted molar refractivity (Wildman–Crippen MR) is 69.7 cm³/mol. The Hall–Kier alpha value is -0.250. The highest BCUT2D eigenvalue weighted by Crippen LogP contribution is 2.25. The third-order valence-electron chi connectivity index (χ3n) is 2.58. The smallest absolute Gasteiger partial charge is 0.253 e. The van der Waals surface area contributed by atoms with Gasteiger partial charge in [0, 0.05) is 23.5 Å². The summed E-state index contributed by atoms with van der Waals surface area (Å²) in [6, 6.07) is 4.98. The molecule has 0 aromatic heterocycles. The number of alkyl halides is 1. The van der Waals surface area contributed by atoms with Gasteiger partial charge in [0.2, 0.25) is 0 Å². The molecule has 1 aromatic carbocycles. The highest BCUT2D eigenvalue weighted by molar-refractivity contribution is 9.09. The van der Waals surface area contributed by atoms with E-state index in [1.807, 2.05) is 4.90 Å². The molecule has 1 amide bonds. The number of carbonyl (C=O) groups is 1. The summed E-state index contributed by atoms with van der Waals surface area (Å²) in [4.78, 5) is 14.3. The van der Waals surface area contributed by atoms with E-state index < -0.39 is 0 Å². The van der Waals surface area contributed by atoms with Gasteiger partial charge in [0.25, 0.3) is 5.91 Å². The summed E-state index contributed by atoms with van der Waals surface area (Å²) in [6.45, 7) is 1.54. The van der Waals surface area contributed by atoms with Crippen molar-refractivity contribution in [2.45, 2.75) is 11.2 Å². The van der Waals surface area contributed by atoms with Gasteiger partial charge < -0.3 is 4.90 Å². The first-order valence-electron chi connectivity index (χ1n) is 4.96. The van der Waals surface area contributed by atoms with E-state index in [1.54, 1.807) is 18.2 Å². The van der Waals surface area contributed by atoms with Gasteiger partial charge in [0.1, 0.15) is 0 Å². The van der Waals surface area contributed by atoms with Crippen molar-refractivity contribution in [3.05, 3.63) is 33.8 Å². The van der Waals surface area contributed by atoms with E-state index in [-0.39, 0.29) is 5.91 Å². The minimum absolute atomic E-state index is 0.0144. The predicted octanol–water partition coefficient (Wildman–Crippen LogP) is 3.60. The summed E-state index contributed by atoms with van der Waals surface area (Å²) in [5.41, 5.74) is 0.594. The zero-order valence-corrected chi connectivity index (χ0v) is 11.5. The Morgan fingerprint density at radius 3 is 2.69 bits per heavy atom. The number of likely N-dealkylation sites (tertiary alicyclic amines) is 1. The van der Waals surface area contributed by atoms with Crippen LogP contribution in [0.3, 0.4) is 0 Å². The summed E-state index contributed by atoms with van der Waals surface area (Å²) in [6.07, 6.45) is 0.993. The average Bonchev–Trinajstić information content (AvgIpc) is 2.68. The second kappa shape index (κ2) is 4.94. The van der Waals surface area contributed by atoms with Crippen LogP contribution in [0, 0.1) is 0 Å². The molecular weight excluding hydrogens is 313 g/mol. The molecule has 0 N–H and O–H groups in total. The topological polar surface area (TPSA) is 20.3 Å². The summed E-state index contributed by atoms with van der Waals surface area (Å²) in [5.74, 6) is 0.0144. The van der Waals surface area contributed by atoms with Crippen molar-refractivity contribution < 1.29 is 4.79 Å². The lowest BCUT2D eigenvalue weighted by Crippen LogP contribution is -2.28. The summed E-state index contributed by atoms with van der Waals surface area (Å²) in [5, 5.41) is 0.889. The second-order valence-corrected chi connectivity index (χ2v) is 5.88. The molecule has 1 fully saturated rings. The fraction of sp³-hybridized carbons (Fsp3) is 0.364. The molecule has 1 aromatic rings. The number of rotatable bonds is 1. The van der Waals surface area contributed by atoms with Crippen LogP contribution < -0.4 is 0 Å². The summed E-state index contributed by atoms with van der Waals surface area (Å²) in [7, 11) is 0. The fourth-order valence-electron chi connectivity index (χ4n) is 1.71. The normalized spacial score (nSPS) is 20.2. The lowest BCUT2D eigenvalue weighted by molar-refractivity contribution is 0.0793. The van der Waals surface area contributed by atoms with Gasteiger partial charge in [-0.15, -0.1) is 0 Å². The Bertz CT molecular complexity index is 424. The van der Waals surface area contributed by atoms with Crippen molar-refractivity contribution in [2.75, 3.05) is 13.1 Å². The lowest BCUT2D eigenvalue weighted by Gasteiger charge is -2.15. The molecular formula is C11H10BrCl2NO. The van der Waals surface area contributed by atoms with Crippen LogP contribution in [0.5, 0.6) is 0 Å². The largest absolute Gasteiger partial charge is 0.337 e. The number of nitrogens with zero attached hydrogens (tertiary/aromatic N) is 1. The number of halogens is 3. The average molecular weight is 323 g/mol. The standard InChI is InChI=1S/C11H10BrCl2NO/c12-8-3-4-15(6-8)11(16)7-1-2-9(13)10(14)5-7/h1-2,5,8H,3-4,6H2. The maximum atomic E-state index is 12.1. The van der Waals surface area contributed by atoms with Gasteiger partial charge in [-0.05, 0) is 24.6 Å². The van der Waals surface area contributed by atoms with Crippen molar-refractivity contribution in [3.63, 3.8) is 0 Å². The molecule has 1 atom stereocenters.